The zero-order valence-electron chi connectivity index (χ0n) is 12.3. The Hall–Kier alpha value is -2.52. The van der Waals surface area contributed by atoms with Crippen LogP contribution in [0, 0.1) is 18.3 Å². The molecule has 1 amide bonds. The van der Waals surface area contributed by atoms with E-state index in [1.165, 1.54) is 10.8 Å². The number of thioether (sulfide) groups is 1. The number of hydrogen-bond donors (Lipinski definition) is 1. The van der Waals surface area contributed by atoms with Crippen molar-refractivity contribution in [1.29, 1.82) is 5.26 Å². The van der Waals surface area contributed by atoms with Crippen LogP contribution < -0.4 is 10.9 Å². The zero-order chi connectivity index (χ0) is 16.1. The molecule has 0 aliphatic carbocycles. The third-order valence-electron chi connectivity index (χ3n) is 3.15. The van der Waals surface area contributed by atoms with Gasteiger partial charge in [-0.2, -0.15) is 5.26 Å². The van der Waals surface area contributed by atoms with Crippen LogP contribution in [0.25, 0.3) is 0 Å². The number of amides is 1. The molecule has 0 saturated carbocycles. The van der Waals surface area contributed by atoms with Gasteiger partial charge in [0.05, 0.1) is 0 Å². The molecule has 1 N–H and O–H groups in total. The van der Waals surface area contributed by atoms with Gasteiger partial charge in [-0.15, -0.1) is 11.8 Å². The number of pyridine rings is 1. The summed E-state index contributed by atoms with van der Waals surface area (Å²) in [5, 5.41) is 11.7. The number of hydrogen-bond acceptors (Lipinski definition) is 4. The highest BCUT2D eigenvalue weighted by molar-refractivity contribution is 7.98. The second kappa shape index (κ2) is 6.96. The maximum absolute atomic E-state index is 12.1. The molecule has 1 aromatic heterocycles. The molecule has 0 spiro atoms. The summed E-state index contributed by atoms with van der Waals surface area (Å²) in [6.07, 6.45) is 3.48. The first-order valence-electron chi connectivity index (χ1n) is 6.59. The van der Waals surface area contributed by atoms with Crippen LogP contribution in [0.1, 0.15) is 11.1 Å². The molecule has 0 bridgehead atoms. The SMILES string of the molecule is CSc1cccc(NC(=O)Cn2ccc(C)c(C#N)c2=O)c1. The molecular weight excluding hydrogens is 298 g/mol. The number of anilines is 1. The average Bonchev–Trinajstić information content (AvgIpc) is 2.51. The number of rotatable bonds is 4. The number of aromatic nitrogens is 1. The van der Waals surface area contributed by atoms with Gasteiger partial charge in [0.15, 0.2) is 0 Å². The van der Waals surface area contributed by atoms with Gasteiger partial charge in [0.25, 0.3) is 5.56 Å². The maximum Gasteiger partial charge on any atom is 0.269 e. The highest BCUT2D eigenvalue weighted by Gasteiger charge is 2.10. The number of nitriles is 1. The molecule has 1 heterocycles. The molecule has 2 rings (SSSR count). The van der Waals surface area contributed by atoms with Crippen LogP contribution in [0.5, 0.6) is 0 Å². The minimum atomic E-state index is -0.449. The van der Waals surface area contributed by atoms with Crippen LogP contribution in [-0.4, -0.2) is 16.7 Å². The normalized spacial score (nSPS) is 10.0. The lowest BCUT2D eigenvalue weighted by Gasteiger charge is -2.09. The van der Waals surface area contributed by atoms with Crippen molar-refractivity contribution in [3.63, 3.8) is 0 Å². The van der Waals surface area contributed by atoms with E-state index in [4.69, 9.17) is 5.26 Å². The minimum absolute atomic E-state index is 0.0691. The highest BCUT2D eigenvalue weighted by atomic mass is 32.2. The summed E-state index contributed by atoms with van der Waals surface area (Å²) >= 11 is 1.58. The first-order valence-corrected chi connectivity index (χ1v) is 7.81. The number of carbonyl (C=O) groups is 1. The number of aryl methyl sites for hydroxylation is 1. The van der Waals surface area contributed by atoms with Crippen molar-refractivity contribution < 1.29 is 4.79 Å². The smallest absolute Gasteiger partial charge is 0.269 e. The maximum atomic E-state index is 12.1. The number of nitrogens with one attached hydrogen (secondary N) is 1. The van der Waals surface area contributed by atoms with Gasteiger partial charge >= 0.3 is 0 Å². The molecule has 0 aliphatic heterocycles. The molecule has 112 valence electrons. The Balaban J connectivity index is 2.16. The van der Waals surface area contributed by atoms with Crippen LogP contribution in [0.15, 0.2) is 46.2 Å². The summed E-state index contributed by atoms with van der Waals surface area (Å²) in [7, 11) is 0. The highest BCUT2D eigenvalue weighted by Crippen LogP contribution is 2.18. The van der Waals surface area contributed by atoms with Crippen molar-refractivity contribution in [2.24, 2.45) is 0 Å². The number of benzene rings is 1. The predicted molar refractivity (Wildman–Crippen MR) is 87.0 cm³/mol. The monoisotopic (exact) mass is 313 g/mol. The summed E-state index contributed by atoms with van der Waals surface area (Å²) in [5.41, 5.74) is 0.907. The molecule has 0 saturated heterocycles. The second-order valence-electron chi connectivity index (χ2n) is 4.70. The molecular formula is C16H15N3O2S. The lowest BCUT2D eigenvalue weighted by molar-refractivity contribution is -0.116. The first-order chi connectivity index (χ1) is 10.5. The van der Waals surface area contributed by atoms with E-state index >= 15 is 0 Å². The van der Waals surface area contributed by atoms with Crippen LogP contribution in [0.3, 0.4) is 0 Å². The van der Waals surface area contributed by atoms with Crippen LogP contribution >= 0.6 is 11.8 Å². The van der Waals surface area contributed by atoms with Crippen molar-refractivity contribution in [2.75, 3.05) is 11.6 Å². The van der Waals surface area contributed by atoms with Crippen LogP contribution in [0.2, 0.25) is 0 Å². The molecule has 0 aliphatic rings. The Morgan fingerprint density at radius 2 is 2.18 bits per heavy atom. The van der Waals surface area contributed by atoms with Gasteiger partial charge in [-0.05, 0) is 43.0 Å². The van der Waals surface area contributed by atoms with Crippen LogP contribution in [0.4, 0.5) is 5.69 Å². The van der Waals surface area contributed by atoms with E-state index in [9.17, 15) is 9.59 Å². The molecule has 0 unspecified atom stereocenters. The Morgan fingerprint density at radius 1 is 1.41 bits per heavy atom. The molecule has 5 nitrogen and oxygen atoms in total. The lowest BCUT2D eigenvalue weighted by Crippen LogP contribution is -2.29. The number of nitrogens with zero attached hydrogens (tertiary/aromatic N) is 2. The van der Waals surface area contributed by atoms with Crippen molar-refractivity contribution in [1.82, 2.24) is 4.57 Å². The predicted octanol–water partition coefficient (Wildman–Crippen LogP) is 2.39. The van der Waals surface area contributed by atoms with Gasteiger partial charge in [0.2, 0.25) is 5.91 Å². The Bertz CT molecular complexity index is 806. The Labute approximate surface area is 132 Å². The van der Waals surface area contributed by atoms with Gasteiger partial charge in [-0.1, -0.05) is 6.07 Å². The largest absolute Gasteiger partial charge is 0.324 e. The van der Waals surface area contributed by atoms with Gasteiger partial charge < -0.3 is 9.88 Å². The summed E-state index contributed by atoms with van der Waals surface area (Å²) in [6, 6.07) is 11.0. The third kappa shape index (κ3) is 3.57. The summed E-state index contributed by atoms with van der Waals surface area (Å²) in [4.78, 5) is 25.2. The third-order valence-corrected chi connectivity index (χ3v) is 3.88. The lowest BCUT2D eigenvalue weighted by atomic mass is 10.2. The molecule has 0 fully saturated rings. The Morgan fingerprint density at radius 3 is 2.86 bits per heavy atom. The first kappa shape index (κ1) is 15.9. The van der Waals surface area contributed by atoms with E-state index in [-0.39, 0.29) is 18.0 Å². The van der Waals surface area contributed by atoms with E-state index in [0.717, 1.165) is 4.90 Å². The summed E-state index contributed by atoms with van der Waals surface area (Å²) in [5.74, 6) is -0.312. The van der Waals surface area contributed by atoms with Crippen LogP contribution in [-0.2, 0) is 11.3 Å². The fourth-order valence-corrected chi connectivity index (χ4v) is 2.44. The Kier molecular flexibility index (Phi) is 5.02. The number of carbonyl (C=O) groups excluding carboxylic acids is 1. The quantitative estimate of drug-likeness (QED) is 0.879. The minimum Gasteiger partial charge on any atom is -0.324 e. The van der Waals surface area contributed by atoms with E-state index in [2.05, 4.69) is 5.32 Å². The summed E-state index contributed by atoms with van der Waals surface area (Å²) < 4.78 is 1.24. The van der Waals surface area contributed by atoms with Crippen molar-refractivity contribution in [3.8, 4) is 6.07 Å². The average molecular weight is 313 g/mol. The standard InChI is InChI=1S/C16H15N3O2S/c1-11-6-7-19(16(21)14(11)9-17)10-15(20)18-12-4-3-5-13(8-12)22-2/h3-8H,10H2,1-2H3,(H,18,20). The molecule has 22 heavy (non-hydrogen) atoms. The van der Waals surface area contributed by atoms with Gasteiger partial charge in [-0.3, -0.25) is 9.59 Å². The van der Waals surface area contributed by atoms with Gasteiger partial charge in [0, 0.05) is 16.8 Å². The van der Waals surface area contributed by atoms with E-state index in [1.807, 2.05) is 30.5 Å². The molecule has 6 heteroatoms. The van der Waals surface area contributed by atoms with E-state index in [1.54, 1.807) is 30.8 Å². The van der Waals surface area contributed by atoms with E-state index < -0.39 is 5.56 Å². The van der Waals surface area contributed by atoms with Crippen molar-refractivity contribution in [2.45, 2.75) is 18.4 Å². The van der Waals surface area contributed by atoms with E-state index in [0.29, 0.717) is 11.3 Å². The zero-order valence-corrected chi connectivity index (χ0v) is 13.1. The topological polar surface area (TPSA) is 74.9 Å². The van der Waals surface area contributed by atoms with Gasteiger partial charge in [0.1, 0.15) is 18.2 Å². The molecule has 2 aromatic rings. The van der Waals surface area contributed by atoms with Crippen molar-refractivity contribution >= 4 is 23.4 Å². The fraction of sp³-hybridized carbons (Fsp3) is 0.188. The summed E-state index contributed by atoms with van der Waals surface area (Å²) in [6.45, 7) is 1.57. The molecule has 1 aromatic carbocycles. The second-order valence-corrected chi connectivity index (χ2v) is 5.58. The van der Waals surface area contributed by atoms with Gasteiger partial charge in [-0.25, -0.2) is 0 Å². The van der Waals surface area contributed by atoms with Crippen molar-refractivity contribution in [3.05, 3.63) is 58.0 Å². The fourth-order valence-electron chi connectivity index (χ4n) is 1.98. The molecule has 0 radical (unpaired) electrons. The molecule has 0 atom stereocenters.